The van der Waals surface area contributed by atoms with Crippen LogP contribution in [0.4, 0.5) is 11.4 Å². The number of hydrogen-bond donors (Lipinski definition) is 0. The molecule has 0 bridgehead atoms. The van der Waals surface area contributed by atoms with E-state index in [-0.39, 0.29) is 0 Å². The van der Waals surface area contributed by atoms with Crippen LogP contribution >= 0.6 is 0 Å². The normalized spacial score (nSPS) is 14.3. The highest BCUT2D eigenvalue weighted by molar-refractivity contribution is 5.68. The molecule has 0 spiro atoms. The van der Waals surface area contributed by atoms with Crippen molar-refractivity contribution in [2.45, 2.75) is 79.1 Å². The minimum absolute atomic E-state index is 0.463. The molecule has 1 aliphatic rings. The minimum atomic E-state index is 0.463. The minimum Gasteiger partial charge on any atom is -0.315 e. The SMILES string of the molecule is CC(C)c1ccc(N2[C]N(c3ccc(C(C)C)cc3C(C)C)C=C2)c(C(C)C)c1. The summed E-state index contributed by atoms with van der Waals surface area (Å²) in [5, 5.41) is 0. The van der Waals surface area contributed by atoms with E-state index >= 15 is 0 Å². The van der Waals surface area contributed by atoms with Crippen molar-refractivity contribution in [2.75, 3.05) is 9.80 Å². The zero-order valence-electron chi connectivity index (χ0n) is 19.3. The fourth-order valence-corrected chi connectivity index (χ4v) is 3.81. The molecule has 0 amide bonds. The molecule has 1 heterocycles. The third-order valence-electron chi connectivity index (χ3n) is 5.78. The zero-order chi connectivity index (χ0) is 21.3. The maximum Gasteiger partial charge on any atom is 0.217 e. The zero-order valence-corrected chi connectivity index (χ0v) is 19.3. The molecule has 0 saturated heterocycles. The van der Waals surface area contributed by atoms with Crippen LogP contribution in [0.15, 0.2) is 48.8 Å². The Morgan fingerprint density at radius 1 is 0.552 bits per heavy atom. The monoisotopic (exact) mass is 388 g/mol. The summed E-state index contributed by atoms with van der Waals surface area (Å²) in [5.41, 5.74) is 7.96. The average Bonchev–Trinajstić information content (AvgIpc) is 3.16. The van der Waals surface area contributed by atoms with Gasteiger partial charge in [0.05, 0.1) is 0 Å². The maximum atomic E-state index is 3.57. The Balaban J connectivity index is 1.91. The largest absolute Gasteiger partial charge is 0.315 e. The van der Waals surface area contributed by atoms with Gasteiger partial charge in [-0.2, -0.15) is 0 Å². The van der Waals surface area contributed by atoms with E-state index in [1.54, 1.807) is 0 Å². The van der Waals surface area contributed by atoms with Gasteiger partial charge in [0.2, 0.25) is 6.67 Å². The molecule has 29 heavy (non-hydrogen) atoms. The Hall–Kier alpha value is -2.22. The summed E-state index contributed by atoms with van der Waals surface area (Å²) < 4.78 is 0. The number of rotatable bonds is 6. The van der Waals surface area contributed by atoms with Gasteiger partial charge in [-0.25, -0.2) is 0 Å². The fraction of sp³-hybridized carbons (Fsp3) is 0.444. The van der Waals surface area contributed by atoms with Crippen molar-refractivity contribution in [3.63, 3.8) is 0 Å². The molecular formula is C27H36N2. The van der Waals surface area contributed by atoms with Gasteiger partial charge in [-0.3, -0.25) is 0 Å². The van der Waals surface area contributed by atoms with E-state index in [1.807, 2.05) is 0 Å². The van der Waals surface area contributed by atoms with Gasteiger partial charge < -0.3 is 9.80 Å². The second-order valence-corrected chi connectivity index (χ2v) is 9.39. The van der Waals surface area contributed by atoms with Gasteiger partial charge >= 0.3 is 0 Å². The van der Waals surface area contributed by atoms with Crippen molar-refractivity contribution in [3.8, 4) is 0 Å². The van der Waals surface area contributed by atoms with E-state index in [4.69, 9.17) is 0 Å². The lowest BCUT2D eigenvalue weighted by Crippen LogP contribution is -2.20. The second kappa shape index (κ2) is 8.65. The number of nitrogens with zero attached hydrogens (tertiary/aromatic N) is 2. The lowest BCUT2D eigenvalue weighted by Gasteiger charge is -2.26. The molecule has 0 aromatic heterocycles. The highest BCUT2D eigenvalue weighted by Gasteiger charge is 2.24. The lowest BCUT2D eigenvalue weighted by molar-refractivity contribution is 0.827. The molecule has 2 aromatic carbocycles. The van der Waals surface area contributed by atoms with Crippen LogP contribution in [0.25, 0.3) is 0 Å². The summed E-state index contributed by atoms with van der Waals surface area (Å²) in [6.07, 6.45) is 4.24. The van der Waals surface area contributed by atoms with E-state index in [0.717, 1.165) is 0 Å². The first kappa shape index (κ1) is 21.5. The van der Waals surface area contributed by atoms with Crippen LogP contribution in [-0.4, -0.2) is 0 Å². The first-order valence-corrected chi connectivity index (χ1v) is 11.0. The molecule has 0 unspecified atom stereocenters. The molecule has 0 fully saturated rings. The Morgan fingerprint density at radius 2 is 0.931 bits per heavy atom. The lowest BCUT2D eigenvalue weighted by atomic mass is 9.93. The molecule has 0 atom stereocenters. The van der Waals surface area contributed by atoms with Gasteiger partial charge in [0.1, 0.15) is 0 Å². The molecule has 2 radical (unpaired) electrons. The third kappa shape index (κ3) is 4.52. The number of benzene rings is 2. The van der Waals surface area contributed by atoms with Crippen LogP contribution in [0.5, 0.6) is 0 Å². The Morgan fingerprint density at radius 3 is 1.24 bits per heavy atom. The highest BCUT2D eigenvalue weighted by Crippen LogP contribution is 2.37. The van der Waals surface area contributed by atoms with E-state index in [0.29, 0.717) is 23.7 Å². The molecule has 0 N–H and O–H groups in total. The Labute approximate surface area is 178 Å². The van der Waals surface area contributed by atoms with Crippen LogP contribution in [0, 0.1) is 6.67 Å². The molecule has 0 aliphatic carbocycles. The molecule has 2 aromatic rings. The Kier molecular flexibility index (Phi) is 6.41. The summed E-state index contributed by atoms with van der Waals surface area (Å²) in [4.78, 5) is 4.28. The van der Waals surface area contributed by atoms with E-state index in [2.05, 4.69) is 121 Å². The highest BCUT2D eigenvalue weighted by atomic mass is 15.3. The van der Waals surface area contributed by atoms with Gasteiger partial charge in [-0.15, -0.1) is 0 Å². The van der Waals surface area contributed by atoms with E-state index in [9.17, 15) is 0 Å². The van der Waals surface area contributed by atoms with Crippen molar-refractivity contribution in [1.82, 2.24) is 0 Å². The van der Waals surface area contributed by atoms with Crippen LogP contribution in [0.3, 0.4) is 0 Å². The summed E-state index contributed by atoms with van der Waals surface area (Å²) in [7, 11) is 0. The predicted octanol–water partition coefficient (Wildman–Crippen LogP) is 7.97. The first-order valence-electron chi connectivity index (χ1n) is 11.0. The second-order valence-electron chi connectivity index (χ2n) is 9.39. The van der Waals surface area contributed by atoms with Gasteiger partial charge in [0.15, 0.2) is 0 Å². The molecule has 154 valence electrons. The summed E-state index contributed by atoms with van der Waals surface area (Å²) in [6, 6.07) is 13.7. The summed E-state index contributed by atoms with van der Waals surface area (Å²) >= 11 is 0. The van der Waals surface area contributed by atoms with Crippen molar-refractivity contribution < 1.29 is 0 Å². The van der Waals surface area contributed by atoms with Crippen molar-refractivity contribution in [1.29, 1.82) is 0 Å². The summed E-state index contributed by atoms with van der Waals surface area (Å²) in [5.74, 6) is 2.00. The van der Waals surface area contributed by atoms with Crippen molar-refractivity contribution >= 4 is 11.4 Å². The van der Waals surface area contributed by atoms with Gasteiger partial charge in [-0.05, 0) is 58.1 Å². The maximum absolute atomic E-state index is 3.57. The van der Waals surface area contributed by atoms with Crippen molar-refractivity contribution in [3.05, 3.63) is 77.7 Å². The van der Waals surface area contributed by atoms with Gasteiger partial charge in [0, 0.05) is 23.8 Å². The molecule has 0 saturated carbocycles. The first-order chi connectivity index (χ1) is 13.7. The fourth-order valence-electron chi connectivity index (χ4n) is 3.81. The molecule has 1 aliphatic heterocycles. The molecule has 2 nitrogen and oxygen atoms in total. The van der Waals surface area contributed by atoms with Crippen LogP contribution in [0.1, 0.15) is 101 Å². The van der Waals surface area contributed by atoms with Crippen LogP contribution in [0.2, 0.25) is 0 Å². The topological polar surface area (TPSA) is 6.48 Å². The van der Waals surface area contributed by atoms with Gasteiger partial charge in [-0.1, -0.05) is 79.7 Å². The third-order valence-corrected chi connectivity index (χ3v) is 5.78. The van der Waals surface area contributed by atoms with Crippen molar-refractivity contribution in [2.24, 2.45) is 0 Å². The smallest absolute Gasteiger partial charge is 0.217 e. The number of hydrogen-bond acceptors (Lipinski definition) is 2. The average molecular weight is 389 g/mol. The summed E-state index contributed by atoms with van der Waals surface area (Å²) in [6.45, 7) is 21.6. The quantitative estimate of drug-likeness (QED) is 0.495. The van der Waals surface area contributed by atoms with Crippen LogP contribution < -0.4 is 9.80 Å². The standard InChI is InChI=1S/C27H36N2/c1-18(2)22-9-11-26(24(15-22)20(5)6)28-13-14-29(17-28)27-12-10-23(19(3)4)16-25(27)21(7)8/h9-16,18-21H,1-8H3. The van der Waals surface area contributed by atoms with E-state index in [1.165, 1.54) is 33.6 Å². The van der Waals surface area contributed by atoms with E-state index < -0.39 is 0 Å². The van der Waals surface area contributed by atoms with Crippen LogP contribution in [-0.2, 0) is 0 Å². The number of anilines is 2. The van der Waals surface area contributed by atoms with Gasteiger partial charge in [0.25, 0.3) is 0 Å². The molecular weight excluding hydrogens is 352 g/mol. The molecule has 2 heteroatoms. The Bertz CT molecular complexity index is 803. The predicted molar refractivity (Wildman–Crippen MR) is 127 cm³/mol. The molecule has 3 rings (SSSR count).